The van der Waals surface area contributed by atoms with E-state index >= 15 is 0 Å². The van der Waals surface area contributed by atoms with Crippen molar-refractivity contribution in [3.8, 4) is 0 Å². The predicted molar refractivity (Wildman–Crippen MR) is 83.5 cm³/mol. The number of hydrogen-bond donors (Lipinski definition) is 6. The van der Waals surface area contributed by atoms with Crippen LogP contribution in [0.15, 0.2) is 0 Å². The summed E-state index contributed by atoms with van der Waals surface area (Å²) in [5.74, 6) is -5.06. The quantitative estimate of drug-likeness (QED) is 0.240. The normalized spacial score (nSPS) is 14.0. The van der Waals surface area contributed by atoms with Crippen molar-refractivity contribution in [2.45, 2.75) is 57.2 Å². The van der Waals surface area contributed by atoms with Gasteiger partial charge in [0, 0.05) is 13.3 Å². The molecule has 0 aromatic rings. The first kappa shape index (κ1) is 22.3. The molecule has 11 nitrogen and oxygen atoms in total. The Kier molecular flexibility index (Phi) is 9.79. The third-order valence-electron chi connectivity index (χ3n) is 3.29. The highest BCUT2D eigenvalue weighted by Gasteiger charge is 2.23. The highest BCUT2D eigenvalue weighted by molar-refractivity contribution is 5.85. The van der Waals surface area contributed by atoms with E-state index in [1.807, 2.05) is 0 Å². The topological polar surface area (TPSA) is 196 Å². The zero-order chi connectivity index (χ0) is 19.6. The molecule has 0 bridgehead atoms. The summed E-state index contributed by atoms with van der Waals surface area (Å²) in [5, 5.41) is 31.0. The van der Waals surface area contributed by atoms with Gasteiger partial charge in [-0.15, -0.1) is 0 Å². The van der Waals surface area contributed by atoms with Crippen LogP contribution in [-0.2, 0) is 24.0 Å². The van der Waals surface area contributed by atoms with Gasteiger partial charge in [0.05, 0.1) is 0 Å². The number of nitrogens with one attached hydrogen (secondary N) is 2. The lowest BCUT2D eigenvalue weighted by atomic mass is 10.1. The molecule has 11 heteroatoms. The summed E-state index contributed by atoms with van der Waals surface area (Å²) >= 11 is 0. The van der Waals surface area contributed by atoms with Crippen molar-refractivity contribution in [3.63, 3.8) is 0 Å². The summed E-state index contributed by atoms with van der Waals surface area (Å²) in [6.07, 6.45) is -0.282. The molecule has 0 fully saturated rings. The summed E-state index contributed by atoms with van der Waals surface area (Å²) in [5.41, 5.74) is 5.30. The number of nitrogens with two attached hydrogens (primary N) is 1. The minimum Gasteiger partial charge on any atom is -0.480 e. The Bertz CT molecular complexity index is 522. The van der Waals surface area contributed by atoms with Gasteiger partial charge in [0.15, 0.2) is 0 Å². The number of carboxylic acids is 3. The monoisotopic (exact) mass is 361 g/mol. The number of carbonyl (C=O) groups is 5. The van der Waals surface area contributed by atoms with E-state index in [0.717, 1.165) is 6.92 Å². The Hall–Kier alpha value is -2.69. The number of hydrogen-bond acceptors (Lipinski definition) is 6. The maximum Gasteiger partial charge on any atom is 0.326 e. The van der Waals surface area contributed by atoms with Gasteiger partial charge in [-0.2, -0.15) is 0 Å². The molecule has 2 unspecified atom stereocenters. The van der Waals surface area contributed by atoms with Gasteiger partial charge in [0.1, 0.15) is 18.1 Å². The van der Waals surface area contributed by atoms with Crippen LogP contribution in [0.1, 0.15) is 39.0 Å². The van der Waals surface area contributed by atoms with Gasteiger partial charge < -0.3 is 31.7 Å². The lowest BCUT2D eigenvalue weighted by Crippen LogP contribution is -2.43. The second-order valence-corrected chi connectivity index (χ2v) is 5.46. The molecular formula is C14H23N3O8. The zero-order valence-electron chi connectivity index (χ0n) is 13.7. The minimum atomic E-state index is -1.31. The molecule has 0 heterocycles. The maximum absolute atomic E-state index is 11.8. The number of rotatable bonds is 12. The standard InChI is InChI=1S/C14H23N3O8/c1-7(18)16-10(14(24)25)5-6-11(19)17-9(13(22)23)4-2-3-8(15)12(20)21/h8-10H,2-6,15H2,1H3,(H,16,18)(H,17,19)(H,20,21)(H,22,23)(H,24,25)/t8-,9?,10?/m0/s1. The van der Waals surface area contributed by atoms with E-state index in [4.69, 9.17) is 21.1 Å². The molecule has 0 radical (unpaired) electrons. The number of carbonyl (C=O) groups excluding carboxylic acids is 2. The van der Waals surface area contributed by atoms with E-state index in [0.29, 0.717) is 0 Å². The fourth-order valence-electron chi connectivity index (χ4n) is 1.97. The molecule has 0 aromatic heterocycles. The summed E-state index contributed by atoms with van der Waals surface area (Å²) < 4.78 is 0. The molecule has 0 saturated heterocycles. The van der Waals surface area contributed by atoms with Crippen LogP contribution >= 0.6 is 0 Å². The zero-order valence-corrected chi connectivity index (χ0v) is 13.7. The molecule has 0 saturated carbocycles. The minimum absolute atomic E-state index is 0.0177. The first-order valence-corrected chi connectivity index (χ1v) is 7.55. The Morgan fingerprint density at radius 3 is 1.80 bits per heavy atom. The van der Waals surface area contributed by atoms with Crippen molar-refractivity contribution in [3.05, 3.63) is 0 Å². The Balaban J connectivity index is 4.44. The van der Waals surface area contributed by atoms with Crippen molar-refractivity contribution >= 4 is 29.7 Å². The maximum atomic E-state index is 11.8. The summed E-state index contributed by atoms with van der Waals surface area (Å²) in [6.45, 7) is 1.14. The number of amides is 2. The Morgan fingerprint density at radius 2 is 1.36 bits per heavy atom. The van der Waals surface area contributed by atoms with Crippen molar-refractivity contribution in [2.24, 2.45) is 5.73 Å². The molecule has 0 aromatic carbocycles. The molecule has 142 valence electrons. The highest BCUT2D eigenvalue weighted by atomic mass is 16.4. The summed E-state index contributed by atoms with van der Waals surface area (Å²) in [6, 6.07) is -3.60. The van der Waals surface area contributed by atoms with Crippen LogP contribution in [0.4, 0.5) is 0 Å². The van der Waals surface area contributed by atoms with Crippen molar-refractivity contribution in [1.82, 2.24) is 10.6 Å². The average molecular weight is 361 g/mol. The van der Waals surface area contributed by atoms with Crippen molar-refractivity contribution in [2.75, 3.05) is 0 Å². The largest absolute Gasteiger partial charge is 0.480 e. The van der Waals surface area contributed by atoms with Gasteiger partial charge in [-0.3, -0.25) is 14.4 Å². The Labute approximate surface area is 143 Å². The van der Waals surface area contributed by atoms with Gasteiger partial charge in [-0.25, -0.2) is 9.59 Å². The van der Waals surface area contributed by atoms with Crippen LogP contribution in [0.3, 0.4) is 0 Å². The van der Waals surface area contributed by atoms with Gasteiger partial charge >= 0.3 is 17.9 Å². The van der Waals surface area contributed by atoms with Crippen LogP contribution in [0.5, 0.6) is 0 Å². The van der Waals surface area contributed by atoms with Gasteiger partial charge in [0.2, 0.25) is 11.8 Å². The SMILES string of the molecule is CC(=O)NC(CCC(=O)NC(CCC[C@H](N)C(=O)O)C(=O)O)C(=O)O. The number of carboxylic acid groups (broad SMARTS) is 3. The lowest BCUT2D eigenvalue weighted by Gasteiger charge is -2.16. The van der Waals surface area contributed by atoms with Crippen molar-refractivity contribution in [1.29, 1.82) is 0 Å². The molecule has 2 amide bonds. The summed E-state index contributed by atoms with van der Waals surface area (Å²) in [7, 11) is 0. The first-order chi connectivity index (χ1) is 11.5. The smallest absolute Gasteiger partial charge is 0.326 e. The molecular weight excluding hydrogens is 338 g/mol. The van der Waals surface area contributed by atoms with E-state index in [1.165, 1.54) is 0 Å². The van der Waals surface area contributed by atoms with E-state index in [9.17, 15) is 24.0 Å². The third kappa shape index (κ3) is 9.91. The molecule has 0 aliphatic carbocycles. The molecule has 3 atom stereocenters. The molecule has 0 rings (SSSR count). The van der Waals surface area contributed by atoms with Crippen LogP contribution in [0.25, 0.3) is 0 Å². The van der Waals surface area contributed by atoms with Gasteiger partial charge in [-0.1, -0.05) is 0 Å². The lowest BCUT2D eigenvalue weighted by molar-refractivity contribution is -0.143. The fourth-order valence-corrected chi connectivity index (χ4v) is 1.97. The summed E-state index contributed by atoms with van der Waals surface area (Å²) in [4.78, 5) is 55.3. The number of aliphatic carboxylic acids is 3. The van der Waals surface area contributed by atoms with E-state index in [1.54, 1.807) is 0 Å². The van der Waals surface area contributed by atoms with Crippen LogP contribution in [-0.4, -0.2) is 63.2 Å². The fraction of sp³-hybridized carbons (Fsp3) is 0.643. The van der Waals surface area contributed by atoms with E-state index in [-0.39, 0.29) is 32.1 Å². The Morgan fingerprint density at radius 1 is 0.840 bits per heavy atom. The highest BCUT2D eigenvalue weighted by Crippen LogP contribution is 2.06. The molecule has 7 N–H and O–H groups in total. The van der Waals surface area contributed by atoms with Gasteiger partial charge in [0.25, 0.3) is 0 Å². The van der Waals surface area contributed by atoms with Crippen LogP contribution in [0.2, 0.25) is 0 Å². The molecule has 25 heavy (non-hydrogen) atoms. The predicted octanol–water partition coefficient (Wildman–Crippen LogP) is -1.49. The van der Waals surface area contributed by atoms with Crippen molar-refractivity contribution < 1.29 is 39.3 Å². The van der Waals surface area contributed by atoms with Crippen LogP contribution in [0, 0.1) is 0 Å². The van der Waals surface area contributed by atoms with E-state index in [2.05, 4.69) is 10.6 Å². The third-order valence-corrected chi connectivity index (χ3v) is 3.29. The van der Waals surface area contributed by atoms with Crippen LogP contribution < -0.4 is 16.4 Å². The second kappa shape index (κ2) is 11.0. The average Bonchev–Trinajstić information content (AvgIpc) is 2.49. The molecule has 0 aliphatic rings. The second-order valence-electron chi connectivity index (χ2n) is 5.46. The van der Waals surface area contributed by atoms with Gasteiger partial charge in [-0.05, 0) is 25.7 Å². The van der Waals surface area contributed by atoms with E-state index < -0.39 is 47.8 Å². The molecule has 0 aliphatic heterocycles. The molecule has 0 spiro atoms. The first-order valence-electron chi connectivity index (χ1n) is 7.55.